The van der Waals surface area contributed by atoms with E-state index in [1.165, 1.54) is 30.4 Å². The fourth-order valence-electron chi connectivity index (χ4n) is 3.76. The molecule has 0 aromatic heterocycles. The van der Waals surface area contributed by atoms with Crippen LogP contribution in [0.3, 0.4) is 0 Å². The van der Waals surface area contributed by atoms with Gasteiger partial charge in [-0.3, -0.25) is 0 Å². The van der Waals surface area contributed by atoms with Gasteiger partial charge >= 0.3 is 0 Å². The molecule has 4 N–H and O–H groups in total. The second-order valence-corrected chi connectivity index (χ2v) is 8.80. The van der Waals surface area contributed by atoms with Gasteiger partial charge in [0.2, 0.25) is 0 Å². The van der Waals surface area contributed by atoms with Gasteiger partial charge in [-0.15, -0.1) is 0 Å². The van der Waals surface area contributed by atoms with Crippen molar-refractivity contribution in [1.82, 2.24) is 5.32 Å². The summed E-state index contributed by atoms with van der Waals surface area (Å²) in [5, 5.41) is 32.1. The number of nitrogens with one attached hydrogen (secondary N) is 1. The largest absolute Gasteiger partial charge is 0.395 e. The van der Waals surface area contributed by atoms with E-state index in [9.17, 15) is 10.2 Å². The molecule has 1 aromatic carbocycles. The highest BCUT2D eigenvalue weighted by atomic mass is 16.3. The Kier molecular flexibility index (Phi) is 8.08. The summed E-state index contributed by atoms with van der Waals surface area (Å²) in [7, 11) is 0. The minimum atomic E-state index is -0.852. The number of hydrogen-bond donors (Lipinski definition) is 4. The molecule has 4 atom stereocenters. The molecular formula is C22H37NO3. The Bertz CT molecular complexity index is 523. The maximum atomic E-state index is 9.97. The number of aliphatic hydroxyl groups excluding tert-OH is 3. The van der Waals surface area contributed by atoms with Gasteiger partial charge in [-0.2, -0.15) is 0 Å². The van der Waals surface area contributed by atoms with Gasteiger partial charge in [0, 0.05) is 6.04 Å². The third kappa shape index (κ3) is 6.05. The summed E-state index contributed by atoms with van der Waals surface area (Å²) in [5.74, 6) is 0. The van der Waals surface area contributed by atoms with Gasteiger partial charge in [0.05, 0.1) is 24.9 Å². The normalized spacial score (nSPS) is 26.4. The maximum Gasteiger partial charge on any atom is 0.0989 e. The lowest BCUT2D eigenvalue weighted by atomic mass is 9.86. The minimum absolute atomic E-state index is 0.0940. The van der Waals surface area contributed by atoms with Crippen LogP contribution in [-0.4, -0.2) is 46.2 Å². The molecule has 4 nitrogen and oxygen atoms in total. The van der Waals surface area contributed by atoms with Crippen LogP contribution in [0.1, 0.15) is 70.4 Å². The van der Waals surface area contributed by atoms with Crippen molar-refractivity contribution in [2.45, 2.75) is 95.4 Å². The van der Waals surface area contributed by atoms with Gasteiger partial charge in [-0.05, 0) is 35.8 Å². The number of aliphatic hydroxyl groups is 3. The van der Waals surface area contributed by atoms with E-state index in [1.54, 1.807) is 0 Å². The molecule has 0 aliphatic carbocycles. The fraction of sp³-hybridized carbons (Fsp3) is 0.727. The van der Waals surface area contributed by atoms with E-state index >= 15 is 0 Å². The molecule has 0 saturated carbocycles. The second kappa shape index (κ2) is 9.84. The summed E-state index contributed by atoms with van der Waals surface area (Å²) in [5.41, 5.74) is 3.02. The van der Waals surface area contributed by atoms with E-state index in [0.717, 1.165) is 25.7 Å². The topological polar surface area (TPSA) is 72.7 Å². The van der Waals surface area contributed by atoms with Crippen LogP contribution < -0.4 is 5.32 Å². The third-order valence-corrected chi connectivity index (χ3v) is 5.60. The van der Waals surface area contributed by atoms with E-state index < -0.39 is 12.2 Å². The highest BCUT2D eigenvalue weighted by molar-refractivity contribution is 5.27. The van der Waals surface area contributed by atoms with Crippen LogP contribution in [-0.2, 0) is 11.8 Å². The van der Waals surface area contributed by atoms with Crippen molar-refractivity contribution in [3.63, 3.8) is 0 Å². The summed E-state index contributed by atoms with van der Waals surface area (Å²) >= 11 is 0. The van der Waals surface area contributed by atoms with Crippen LogP contribution in [0.15, 0.2) is 24.3 Å². The van der Waals surface area contributed by atoms with E-state index in [0.29, 0.717) is 0 Å². The summed E-state index contributed by atoms with van der Waals surface area (Å²) in [6.07, 6.45) is 6.20. The number of unbranched alkanes of at least 4 members (excludes halogenated alkanes) is 4. The molecule has 1 fully saturated rings. The molecule has 0 unspecified atom stereocenters. The lowest BCUT2D eigenvalue weighted by Crippen LogP contribution is -2.36. The predicted molar refractivity (Wildman–Crippen MR) is 106 cm³/mol. The summed E-state index contributed by atoms with van der Waals surface area (Å²) in [6.45, 7) is 6.59. The quantitative estimate of drug-likeness (QED) is 0.509. The molecule has 1 saturated heterocycles. The molecule has 1 aliphatic rings. The van der Waals surface area contributed by atoms with Gasteiger partial charge in [0.25, 0.3) is 0 Å². The second-order valence-electron chi connectivity index (χ2n) is 8.80. The van der Waals surface area contributed by atoms with Crippen molar-refractivity contribution >= 4 is 0 Å². The van der Waals surface area contributed by atoms with Gasteiger partial charge in [0.15, 0.2) is 0 Å². The van der Waals surface area contributed by atoms with Crippen LogP contribution in [0.5, 0.6) is 0 Å². The summed E-state index contributed by atoms with van der Waals surface area (Å²) < 4.78 is 0. The lowest BCUT2D eigenvalue weighted by Gasteiger charge is -2.19. The molecule has 1 aliphatic heterocycles. The van der Waals surface area contributed by atoms with Gasteiger partial charge in [-0.25, -0.2) is 0 Å². The molecular weight excluding hydrogens is 326 g/mol. The molecule has 0 radical (unpaired) electrons. The summed E-state index contributed by atoms with van der Waals surface area (Å²) in [4.78, 5) is 0. The van der Waals surface area contributed by atoms with Crippen LogP contribution in [0.4, 0.5) is 0 Å². The Balaban J connectivity index is 1.56. The molecule has 1 heterocycles. The van der Waals surface area contributed by atoms with Crippen molar-refractivity contribution in [1.29, 1.82) is 0 Å². The molecule has 4 heteroatoms. The monoisotopic (exact) mass is 363 g/mol. The Morgan fingerprint density at radius 1 is 0.846 bits per heavy atom. The van der Waals surface area contributed by atoms with Crippen LogP contribution in [0.2, 0.25) is 0 Å². The van der Waals surface area contributed by atoms with Crippen LogP contribution >= 0.6 is 0 Å². The standard InChI is InChI=1S/C22H37NO3/c1-22(2,3)17-13-11-16(12-14-17)9-7-5-4-6-8-10-18-20(25)21(26)19(15-24)23-18/h11-14,18-21,23-26H,4-10,15H2,1-3H3/t18-,19-,20-,21-/m1/s1. The average molecular weight is 364 g/mol. The van der Waals surface area contributed by atoms with E-state index in [1.807, 2.05) is 0 Å². The van der Waals surface area contributed by atoms with Gasteiger partial charge < -0.3 is 20.6 Å². The van der Waals surface area contributed by atoms with Crippen LogP contribution in [0, 0.1) is 0 Å². The molecule has 148 valence electrons. The zero-order valence-electron chi connectivity index (χ0n) is 16.6. The SMILES string of the molecule is CC(C)(C)c1ccc(CCCCCCC[C@H]2N[C@H](CO)[C@@H](O)[C@@H]2O)cc1. The minimum Gasteiger partial charge on any atom is -0.395 e. The zero-order valence-corrected chi connectivity index (χ0v) is 16.6. The number of rotatable bonds is 9. The van der Waals surface area contributed by atoms with Crippen molar-refractivity contribution in [3.8, 4) is 0 Å². The number of hydrogen-bond acceptors (Lipinski definition) is 4. The number of benzene rings is 1. The first-order chi connectivity index (χ1) is 12.3. The van der Waals surface area contributed by atoms with Crippen molar-refractivity contribution in [3.05, 3.63) is 35.4 Å². The molecule has 2 rings (SSSR count). The molecule has 26 heavy (non-hydrogen) atoms. The first-order valence-electron chi connectivity index (χ1n) is 10.2. The zero-order chi connectivity index (χ0) is 19.2. The molecule has 1 aromatic rings. The highest BCUT2D eigenvalue weighted by Gasteiger charge is 2.39. The molecule has 0 spiro atoms. The number of aryl methyl sites for hydroxylation is 1. The van der Waals surface area contributed by atoms with E-state index in [4.69, 9.17) is 5.11 Å². The average Bonchev–Trinajstić information content (AvgIpc) is 2.88. The summed E-state index contributed by atoms with van der Waals surface area (Å²) in [6, 6.07) is 8.54. The lowest BCUT2D eigenvalue weighted by molar-refractivity contribution is 0.0186. The first kappa shape index (κ1) is 21.4. The molecule has 0 amide bonds. The highest BCUT2D eigenvalue weighted by Crippen LogP contribution is 2.23. The van der Waals surface area contributed by atoms with Crippen molar-refractivity contribution < 1.29 is 15.3 Å². The van der Waals surface area contributed by atoms with Crippen LogP contribution in [0.25, 0.3) is 0 Å². The Morgan fingerprint density at radius 3 is 2.00 bits per heavy atom. The Hall–Kier alpha value is -0.940. The van der Waals surface area contributed by atoms with Gasteiger partial charge in [-0.1, -0.05) is 70.7 Å². The first-order valence-corrected chi connectivity index (χ1v) is 10.2. The van der Waals surface area contributed by atoms with Gasteiger partial charge in [0.1, 0.15) is 0 Å². The Morgan fingerprint density at radius 2 is 1.42 bits per heavy atom. The van der Waals surface area contributed by atoms with E-state index in [2.05, 4.69) is 50.4 Å². The fourth-order valence-corrected chi connectivity index (χ4v) is 3.76. The van der Waals surface area contributed by atoms with E-state index in [-0.39, 0.29) is 24.1 Å². The molecule has 0 bridgehead atoms. The third-order valence-electron chi connectivity index (χ3n) is 5.60. The predicted octanol–water partition coefficient (Wildman–Crippen LogP) is 2.92. The maximum absolute atomic E-state index is 9.97. The van der Waals surface area contributed by atoms with Crippen molar-refractivity contribution in [2.24, 2.45) is 0 Å². The Labute approximate surface area is 158 Å². The smallest absolute Gasteiger partial charge is 0.0989 e. The van der Waals surface area contributed by atoms with Crippen molar-refractivity contribution in [2.75, 3.05) is 6.61 Å².